The normalized spacial score (nSPS) is 31.4. The molecule has 1 saturated carbocycles. The van der Waals surface area contributed by atoms with Gasteiger partial charge in [0.25, 0.3) is 10.2 Å². The smallest absolute Gasteiger partial charge is 0.427 e. The van der Waals surface area contributed by atoms with Gasteiger partial charge in [0.05, 0.1) is 0 Å². The van der Waals surface area contributed by atoms with Crippen LogP contribution in [0.4, 0.5) is 0 Å². The van der Waals surface area contributed by atoms with Crippen LogP contribution >= 0.6 is 0 Å². The number of nitrogens with one attached hydrogen (secondary N) is 1. The van der Waals surface area contributed by atoms with Crippen LogP contribution < -0.4 is 16.2 Å². The Morgan fingerprint density at radius 3 is 2.55 bits per heavy atom. The van der Waals surface area contributed by atoms with E-state index in [4.69, 9.17) is 21.5 Å². The highest BCUT2D eigenvalue weighted by molar-refractivity contribution is 7.87. The summed E-state index contributed by atoms with van der Waals surface area (Å²) in [5.74, 6) is -0.00409. The van der Waals surface area contributed by atoms with Gasteiger partial charge in [-0.1, -0.05) is 6.42 Å². The van der Waals surface area contributed by atoms with E-state index in [1.54, 1.807) is 0 Å². The van der Waals surface area contributed by atoms with Gasteiger partial charge >= 0.3 is 7.12 Å². The largest absolute Gasteiger partial charge is 0.451 e. The SMILES string of the molecule is C[C@]1(N)CN(S(=O)(=O)NCC2(N)CC2)C[C@@H]1CCCB(O)O. The number of hydrogen-bond donors (Lipinski definition) is 5. The van der Waals surface area contributed by atoms with Gasteiger partial charge in [-0.05, 0) is 38.4 Å². The molecule has 1 heterocycles. The molecule has 1 aliphatic heterocycles. The molecular formula is C12H27BN4O4S. The van der Waals surface area contributed by atoms with Crippen molar-refractivity contribution in [3.05, 3.63) is 0 Å². The molecule has 1 saturated heterocycles. The molecule has 0 amide bonds. The lowest BCUT2D eigenvalue weighted by Crippen LogP contribution is -2.48. The van der Waals surface area contributed by atoms with E-state index in [1.807, 2.05) is 6.92 Å². The first-order valence-corrected chi connectivity index (χ1v) is 9.17. The summed E-state index contributed by atoms with van der Waals surface area (Å²) >= 11 is 0. The average molecular weight is 334 g/mol. The van der Waals surface area contributed by atoms with Crippen LogP contribution in [0.3, 0.4) is 0 Å². The van der Waals surface area contributed by atoms with Gasteiger partial charge < -0.3 is 21.5 Å². The van der Waals surface area contributed by atoms with Crippen LogP contribution in [0, 0.1) is 5.92 Å². The molecule has 2 aliphatic rings. The van der Waals surface area contributed by atoms with Crippen molar-refractivity contribution in [1.82, 2.24) is 9.03 Å². The summed E-state index contributed by atoms with van der Waals surface area (Å²) in [5, 5.41) is 17.8. The molecular weight excluding hydrogens is 307 g/mol. The van der Waals surface area contributed by atoms with E-state index >= 15 is 0 Å². The van der Waals surface area contributed by atoms with Crippen molar-refractivity contribution >= 4 is 17.3 Å². The Morgan fingerprint density at radius 2 is 2.00 bits per heavy atom. The molecule has 0 aromatic heterocycles. The van der Waals surface area contributed by atoms with Crippen LogP contribution in [0.15, 0.2) is 0 Å². The van der Waals surface area contributed by atoms with E-state index < -0.39 is 22.9 Å². The predicted octanol–water partition coefficient (Wildman–Crippen LogP) is -1.79. The topological polar surface area (TPSA) is 142 Å². The van der Waals surface area contributed by atoms with Gasteiger partial charge in [-0.25, -0.2) is 4.72 Å². The predicted molar refractivity (Wildman–Crippen MR) is 85.0 cm³/mol. The minimum atomic E-state index is -3.57. The second-order valence-electron chi connectivity index (χ2n) is 7.10. The first-order valence-electron chi connectivity index (χ1n) is 7.73. The second kappa shape index (κ2) is 6.35. The van der Waals surface area contributed by atoms with E-state index in [0.717, 1.165) is 12.8 Å². The van der Waals surface area contributed by atoms with Gasteiger partial charge in [0, 0.05) is 30.7 Å². The fourth-order valence-electron chi connectivity index (χ4n) is 2.84. The van der Waals surface area contributed by atoms with Crippen molar-refractivity contribution in [1.29, 1.82) is 0 Å². The molecule has 1 aliphatic carbocycles. The highest BCUT2D eigenvalue weighted by Crippen LogP contribution is 2.33. The van der Waals surface area contributed by atoms with Gasteiger partial charge in [-0.15, -0.1) is 0 Å². The van der Waals surface area contributed by atoms with Crippen molar-refractivity contribution in [3.63, 3.8) is 0 Å². The number of nitrogens with zero attached hydrogens (tertiary/aromatic N) is 1. The van der Waals surface area contributed by atoms with Crippen LogP contribution in [0.1, 0.15) is 32.6 Å². The van der Waals surface area contributed by atoms with E-state index in [2.05, 4.69) is 4.72 Å². The average Bonchev–Trinajstić information content (AvgIpc) is 3.04. The van der Waals surface area contributed by atoms with Crippen molar-refractivity contribution in [2.24, 2.45) is 17.4 Å². The molecule has 10 heteroatoms. The second-order valence-corrected chi connectivity index (χ2v) is 8.85. The van der Waals surface area contributed by atoms with Crippen LogP contribution in [-0.4, -0.2) is 60.6 Å². The van der Waals surface area contributed by atoms with Crippen LogP contribution in [0.2, 0.25) is 6.32 Å². The first kappa shape index (κ1) is 18.1. The van der Waals surface area contributed by atoms with Gasteiger partial charge in [0.2, 0.25) is 0 Å². The number of nitrogens with two attached hydrogens (primary N) is 2. The van der Waals surface area contributed by atoms with Gasteiger partial charge in [0.15, 0.2) is 0 Å². The molecule has 2 rings (SSSR count). The summed E-state index contributed by atoms with van der Waals surface area (Å²) in [6, 6.07) is 0. The number of hydrogen-bond acceptors (Lipinski definition) is 6. The lowest BCUT2D eigenvalue weighted by Gasteiger charge is -2.25. The van der Waals surface area contributed by atoms with Crippen molar-refractivity contribution < 1.29 is 18.5 Å². The highest BCUT2D eigenvalue weighted by atomic mass is 32.2. The monoisotopic (exact) mass is 334 g/mol. The maximum absolute atomic E-state index is 12.3. The third-order valence-electron chi connectivity index (χ3n) is 4.73. The quantitative estimate of drug-likeness (QED) is 0.332. The fraction of sp³-hybridized carbons (Fsp3) is 1.00. The Labute approximate surface area is 132 Å². The Kier molecular flexibility index (Phi) is 5.23. The van der Waals surface area contributed by atoms with Crippen LogP contribution in [-0.2, 0) is 10.2 Å². The minimum Gasteiger partial charge on any atom is -0.427 e. The standard InChI is InChI=1S/C12H27BN4O4S/c1-11(14)9-17(7-10(11)3-2-6-13(18)19)22(20,21)16-8-12(15)4-5-12/h10,16,18-19H,2-9,14-15H2,1H3/t10-,11-/m0/s1. The van der Waals surface area contributed by atoms with Gasteiger partial charge in [-0.2, -0.15) is 12.7 Å². The molecule has 0 bridgehead atoms. The molecule has 2 fully saturated rings. The molecule has 8 nitrogen and oxygen atoms in total. The minimum absolute atomic E-state index is 0.00409. The molecule has 2 atom stereocenters. The van der Waals surface area contributed by atoms with Gasteiger partial charge in [0.1, 0.15) is 0 Å². The molecule has 0 aromatic rings. The summed E-state index contributed by atoms with van der Waals surface area (Å²) in [6.07, 6.45) is 3.22. The third-order valence-corrected chi connectivity index (χ3v) is 6.19. The summed E-state index contributed by atoms with van der Waals surface area (Å²) in [6.45, 7) is 2.70. The van der Waals surface area contributed by atoms with Crippen molar-refractivity contribution in [2.75, 3.05) is 19.6 Å². The lowest BCUT2D eigenvalue weighted by atomic mass is 9.79. The Morgan fingerprint density at radius 1 is 1.36 bits per heavy atom. The molecule has 7 N–H and O–H groups in total. The van der Waals surface area contributed by atoms with Crippen molar-refractivity contribution in [3.8, 4) is 0 Å². The zero-order chi connectivity index (χ0) is 16.6. The molecule has 0 aromatic carbocycles. The van der Waals surface area contributed by atoms with Crippen molar-refractivity contribution in [2.45, 2.75) is 50.0 Å². The van der Waals surface area contributed by atoms with E-state index in [-0.39, 0.29) is 30.9 Å². The Balaban J connectivity index is 1.89. The number of rotatable bonds is 8. The molecule has 0 unspecified atom stereocenters. The first-order chi connectivity index (χ1) is 10.0. The molecule has 128 valence electrons. The Hall–Kier alpha value is -0.225. The third kappa shape index (κ3) is 4.64. The van der Waals surface area contributed by atoms with Crippen LogP contribution in [0.25, 0.3) is 0 Å². The molecule has 0 radical (unpaired) electrons. The maximum atomic E-state index is 12.3. The van der Waals surface area contributed by atoms with E-state index in [1.165, 1.54) is 4.31 Å². The molecule has 0 spiro atoms. The van der Waals surface area contributed by atoms with E-state index in [9.17, 15) is 8.42 Å². The summed E-state index contributed by atoms with van der Waals surface area (Å²) in [4.78, 5) is 0. The highest BCUT2D eigenvalue weighted by Gasteiger charge is 2.45. The maximum Gasteiger partial charge on any atom is 0.451 e. The zero-order valence-corrected chi connectivity index (χ0v) is 13.8. The Bertz CT molecular complexity index is 495. The lowest BCUT2D eigenvalue weighted by molar-refractivity contribution is 0.343. The summed E-state index contributed by atoms with van der Waals surface area (Å²) < 4.78 is 28.6. The van der Waals surface area contributed by atoms with Gasteiger partial charge in [-0.3, -0.25) is 0 Å². The van der Waals surface area contributed by atoms with E-state index in [0.29, 0.717) is 19.4 Å². The zero-order valence-electron chi connectivity index (χ0n) is 13.0. The summed E-state index contributed by atoms with van der Waals surface area (Å²) in [7, 11) is -4.90. The summed E-state index contributed by atoms with van der Waals surface area (Å²) in [5.41, 5.74) is 11.2. The van der Waals surface area contributed by atoms with Crippen LogP contribution in [0.5, 0.6) is 0 Å². The molecule has 22 heavy (non-hydrogen) atoms. The fourth-order valence-corrected chi connectivity index (χ4v) is 4.32.